The van der Waals surface area contributed by atoms with Crippen LogP contribution in [0.3, 0.4) is 0 Å². The largest absolute Gasteiger partial charge is 0.481 e. The lowest BCUT2D eigenvalue weighted by Crippen LogP contribution is -2.49. The summed E-state index contributed by atoms with van der Waals surface area (Å²) in [5.41, 5.74) is 0.894. The Balaban J connectivity index is 1.68. The Kier molecular flexibility index (Phi) is 5.62. The minimum absolute atomic E-state index is 0.0242. The number of hydrogen-bond donors (Lipinski definition) is 1. The van der Waals surface area contributed by atoms with Crippen molar-refractivity contribution < 1.29 is 19.5 Å². The first-order valence-corrected chi connectivity index (χ1v) is 12.6. The van der Waals surface area contributed by atoms with E-state index in [0.717, 1.165) is 31.3 Å². The van der Waals surface area contributed by atoms with Gasteiger partial charge in [-0.2, -0.15) is 0 Å². The van der Waals surface area contributed by atoms with Gasteiger partial charge < -0.3 is 5.11 Å². The zero-order valence-corrected chi connectivity index (χ0v) is 20.7. The minimum Gasteiger partial charge on any atom is -0.481 e. The van der Waals surface area contributed by atoms with Crippen molar-refractivity contribution in [2.24, 2.45) is 45.8 Å². The molecule has 0 aliphatic heterocycles. The second-order valence-corrected chi connectivity index (χ2v) is 12.1. The summed E-state index contributed by atoms with van der Waals surface area (Å²) < 4.78 is 0. The summed E-state index contributed by atoms with van der Waals surface area (Å²) in [6, 6.07) is 0. The molecule has 0 aromatic carbocycles. The molecule has 0 aromatic heterocycles. The molecule has 0 bridgehead atoms. The van der Waals surface area contributed by atoms with Gasteiger partial charge in [0, 0.05) is 34.7 Å². The van der Waals surface area contributed by atoms with E-state index in [2.05, 4.69) is 39.8 Å². The number of carboxylic acids is 1. The quantitative estimate of drug-likeness (QED) is 0.492. The van der Waals surface area contributed by atoms with Gasteiger partial charge in [-0.25, -0.2) is 0 Å². The monoisotopic (exact) mass is 440 g/mol. The summed E-state index contributed by atoms with van der Waals surface area (Å²) in [5.74, 6) is 0.580. The number of hydrogen-bond acceptors (Lipinski definition) is 3. The predicted molar refractivity (Wildman–Crippen MR) is 125 cm³/mol. The highest BCUT2D eigenvalue weighted by Crippen LogP contribution is 2.78. The smallest absolute Gasteiger partial charge is 0.303 e. The van der Waals surface area contributed by atoms with Crippen molar-refractivity contribution in [2.75, 3.05) is 0 Å². The molecule has 32 heavy (non-hydrogen) atoms. The Morgan fingerprint density at radius 2 is 1.75 bits per heavy atom. The summed E-state index contributed by atoms with van der Waals surface area (Å²) in [7, 11) is 0. The SMILES string of the molecule is CC(C)[C@@H](C)C=C[C@@H](C)[C@@H](CC(=O)O)[C@@]1(C)CCC2=C(CC(=O)[C@]34C[C@H]3CC[C@]24C)C1=O. The maximum atomic E-state index is 14.0. The lowest BCUT2D eigenvalue weighted by atomic mass is 9.52. The molecule has 0 heterocycles. The van der Waals surface area contributed by atoms with Crippen molar-refractivity contribution in [3.8, 4) is 0 Å². The van der Waals surface area contributed by atoms with Crippen LogP contribution in [0.5, 0.6) is 0 Å². The molecule has 1 spiro atoms. The van der Waals surface area contributed by atoms with Crippen molar-refractivity contribution in [1.29, 1.82) is 0 Å². The van der Waals surface area contributed by atoms with Gasteiger partial charge in [-0.15, -0.1) is 0 Å². The van der Waals surface area contributed by atoms with E-state index in [9.17, 15) is 19.5 Å². The van der Waals surface area contributed by atoms with E-state index >= 15 is 0 Å². The lowest BCUT2D eigenvalue weighted by Gasteiger charge is -2.49. The molecule has 0 unspecified atom stereocenters. The number of carbonyl (C=O) groups is 3. The molecule has 2 saturated carbocycles. The molecule has 2 fully saturated rings. The Labute approximate surface area is 192 Å². The molecule has 0 amide bonds. The molecule has 4 nitrogen and oxygen atoms in total. The van der Waals surface area contributed by atoms with Gasteiger partial charge in [0.1, 0.15) is 5.78 Å². The first-order valence-electron chi connectivity index (χ1n) is 12.6. The second-order valence-electron chi connectivity index (χ2n) is 12.1. The van der Waals surface area contributed by atoms with Crippen LogP contribution in [-0.4, -0.2) is 22.6 Å². The molecule has 0 saturated heterocycles. The molecule has 4 aliphatic carbocycles. The van der Waals surface area contributed by atoms with E-state index in [4.69, 9.17) is 0 Å². The average molecular weight is 441 g/mol. The highest BCUT2D eigenvalue weighted by molar-refractivity contribution is 6.09. The van der Waals surface area contributed by atoms with Gasteiger partial charge in [-0.3, -0.25) is 14.4 Å². The van der Waals surface area contributed by atoms with Crippen LogP contribution in [0.15, 0.2) is 23.3 Å². The standard InChI is InChI=1S/C28H40O4/c1-16(2)17(3)7-8-18(4)22(14-24(30)31)26(5)11-10-21-20(25(26)32)13-23(29)28-15-19(28)9-12-27(21,28)6/h7-8,16-19,22H,9-15H2,1-6H3,(H,30,31)/t17-,18+,19+,22+,26+,27+,28-/m0/s1. The Morgan fingerprint density at radius 3 is 2.34 bits per heavy atom. The molecular formula is C28H40O4. The van der Waals surface area contributed by atoms with Crippen molar-refractivity contribution >= 4 is 17.5 Å². The number of fused-ring (bicyclic) bond motifs is 1. The fourth-order valence-electron chi connectivity index (χ4n) is 7.59. The summed E-state index contributed by atoms with van der Waals surface area (Å²) in [4.78, 5) is 39.1. The number of aliphatic carboxylic acids is 1. The molecular weight excluding hydrogens is 400 g/mol. The van der Waals surface area contributed by atoms with E-state index in [0.29, 0.717) is 24.2 Å². The summed E-state index contributed by atoms with van der Waals surface area (Å²) in [6.45, 7) is 12.8. The van der Waals surface area contributed by atoms with E-state index in [-0.39, 0.29) is 47.1 Å². The van der Waals surface area contributed by atoms with Gasteiger partial charge in [-0.1, -0.05) is 59.3 Å². The topological polar surface area (TPSA) is 71.4 Å². The highest BCUT2D eigenvalue weighted by Gasteiger charge is 2.75. The van der Waals surface area contributed by atoms with Crippen LogP contribution < -0.4 is 0 Å². The lowest BCUT2D eigenvalue weighted by molar-refractivity contribution is -0.143. The van der Waals surface area contributed by atoms with Crippen molar-refractivity contribution in [3.05, 3.63) is 23.3 Å². The third-order valence-corrected chi connectivity index (χ3v) is 10.3. The number of Topliss-reactive ketones (excluding diaryl/α,β-unsaturated/α-hetero) is 2. The van der Waals surface area contributed by atoms with Gasteiger partial charge >= 0.3 is 5.97 Å². The molecule has 0 radical (unpaired) electrons. The Morgan fingerprint density at radius 1 is 1.09 bits per heavy atom. The van der Waals surface area contributed by atoms with Gasteiger partial charge in [-0.05, 0) is 61.7 Å². The number of carboxylic acid groups (broad SMARTS) is 1. The van der Waals surface area contributed by atoms with Crippen LogP contribution in [0.25, 0.3) is 0 Å². The molecule has 4 aliphatic rings. The number of carbonyl (C=O) groups excluding carboxylic acids is 2. The summed E-state index contributed by atoms with van der Waals surface area (Å²) >= 11 is 0. The molecule has 0 aromatic rings. The molecule has 176 valence electrons. The van der Waals surface area contributed by atoms with Gasteiger partial charge in [0.05, 0.1) is 0 Å². The molecule has 1 N–H and O–H groups in total. The zero-order chi connectivity index (χ0) is 23.6. The van der Waals surface area contributed by atoms with E-state index in [1.54, 1.807) is 0 Å². The van der Waals surface area contributed by atoms with Crippen LogP contribution in [-0.2, 0) is 14.4 Å². The highest BCUT2D eigenvalue weighted by atomic mass is 16.4. The van der Waals surface area contributed by atoms with Crippen LogP contribution in [0.2, 0.25) is 0 Å². The minimum atomic E-state index is -0.858. The summed E-state index contributed by atoms with van der Waals surface area (Å²) in [5, 5.41) is 9.71. The third-order valence-electron chi connectivity index (χ3n) is 10.3. The Bertz CT molecular complexity index is 910. The first-order chi connectivity index (χ1) is 14.9. The maximum Gasteiger partial charge on any atom is 0.303 e. The molecule has 7 atom stereocenters. The van der Waals surface area contributed by atoms with Gasteiger partial charge in [0.15, 0.2) is 5.78 Å². The van der Waals surface area contributed by atoms with Crippen molar-refractivity contribution in [2.45, 2.75) is 86.5 Å². The molecule has 4 heteroatoms. The van der Waals surface area contributed by atoms with Crippen LogP contribution >= 0.6 is 0 Å². The third kappa shape index (κ3) is 3.19. The van der Waals surface area contributed by atoms with E-state index in [1.807, 2.05) is 13.8 Å². The first kappa shape index (κ1) is 23.4. The second kappa shape index (κ2) is 7.67. The fourth-order valence-corrected chi connectivity index (χ4v) is 7.59. The van der Waals surface area contributed by atoms with Crippen molar-refractivity contribution in [1.82, 2.24) is 0 Å². The number of ketones is 2. The van der Waals surface area contributed by atoms with Crippen LogP contribution in [0.4, 0.5) is 0 Å². The summed E-state index contributed by atoms with van der Waals surface area (Å²) in [6.07, 6.45) is 9.16. The van der Waals surface area contributed by atoms with Gasteiger partial charge in [0.2, 0.25) is 0 Å². The maximum absolute atomic E-state index is 14.0. The number of allylic oxidation sites excluding steroid dienone is 4. The fraction of sp³-hybridized carbons (Fsp3) is 0.750. The van der Waals surface area contributed by atoms with Crippen LogP contribution in [0, 0.1) is 45.8 Å². The normalized spacial score (nSPS) is 39.0. The predicted octanol–water partition coefficient (Wildman–Crippen LogP) is 6.01. The van der Waals surface area contributed by atoms with E-state index in [1.165, 1.54) is 5.57 Å². The Hall–Kier alpha value is -1.71. The van der Waals surface area contributed by atoms with Crippen LogP contribution in [0.1, 0.15) is 86.5 Å². The average Bonchev–Trinajstić information content (AvgIpc) is 3.39. The number of rotatable bonds is 7. The van der Waals surface area contributed by atoms with Gasteiger partial charge in [0.25, 0.3) is 0 Å². The van der Waals surface area contributed by atoms with E-state index < -0.39 is 11.4 Å². The van der Waals surface area contributed by atoms with Crippen molar-refractivity contribution in [3.63, 3.8) is 0 Å². The zero-order valence-electron chi connectivity index (χ0n) is 20.7. The molecule has 4 rings (SSSR count).